The molecule has 0 bridgehead atoms. The van der Waals surface area contributed by atoms with Crippen molar-refractivity contribution in [2.75, 3.05) is 36.0 Å². The molecule has 0 aliphatic carbocycles. The third-order valence-corrected chi connectivity index (χ3v) is 6.76. The van der Waals surface area contributed by atoms with E-state index in [0.29, 0.717) is 10.8 Å². The summed E-state index contributed by atoms with van der Waals surface area (Å²) in [5.74, 6) is 1.34. The van der Waals surface area contributed by atoms with Gasteiger partial charge in [0.1, 0.15) is 17.7 Å². The lowest BCUT2D eigenvalue weighted by atomic mass is 10.2. The molecule has 0 amide bonds. The molecular formula is C23H20FN9S. The van der Waals surface area contributed by atoms with Gasteiger partial charge in [-0.1, -0.05) is 23.9 Å². The van der Waals surface area contributed by atoms with Crippen LogP contribution in [0.1, 0.15) is 0 Å². The van der Waals surface area contributed by atoms with Gasteiger partial charge >= 0.3 is 0 Å². The minimum absolute atomic E-state index is 0.244. The average molecular weight is 474 g/mol. The zero-order chi connectivity index (χ0) is 22.9. The van der Waals surface area contributed by atoms with Gasteiger partial charge in [-0.05, 0) is 18.2 Å². The Bertz CT molecular complexity index is 1410. The second kappa shape index (κ2) is 8.75. The van der Waals surface area contributed by atoms with Crippen molar-refractivity contribution < 1.29 is 4.39 Å². The van der Waals surface area contributed by atoms with E-state index in [4.69, 9.17) is 0 Å². The largest absolute Gasteiger partial charge is 0.351 e. The van der Waals surface area contributed by atoms with Crippen LogP contribution in [0.5, 0.6) is 0 Å². The first kappa shape index (κ1) is 20.6. The molecule has 1 fully saturated rings. The molecule has 11 heteroatoms. The SMILES string of the molecule is Fc1ccccc1Sc1cnc(N2CCN(c3ncnn4cc(-c5cn[nH]c5)cc34)CC2)nc1. The van der Waals surface area contributed by atoms with Crippen LogP contribution >= 0.6 is 11.8 Å². The number of aromatic amines is 1. The van der Waals surface area contributed by atoms with Crippen LogP contribution in [0.3, 0.4) is 0 Å². The van der Waals surface area contributed by atoms with E-state index in [1.807, 2.05) is 23.0 Å². The van der Waals surface area contributed by atoms with Crippen LogP contribution in [0, 0.1) is 5.82 Å². The van der Waals surface area contributed by atoms with Crippen LogP contribution in [0.15, 0.2) is 77.4 Å². The first-order valence-corrected chi connectivity index (χ1v) is 11.6. The Hall–Kier alpha value is -3.99. The number of anilines is 2. The predicted molar refractivity (Wildman–Crippen MR) is 128 cm³/mol. The van der Waals surface area contributed by atoms with Crippen molar-refractivity contribution >= 4 is 29.0 Å². The minimum atomic E-state index is -0.244. The number of rotatable bonds is 5. The van der Waals surface area contributed by atoms with Crippen LogP contribution in [0.4, 0.5) is 16.2 Å². The van der Waals surface area contributed by atoms with Crippen molar-refractivity contribution in [1.29, 1.82) is 0 Å². The van der Waals surface area contributed by atoms with Gasteiger partial charge in [0, 0.05) is 71.9 Å². The first-order chi connectivity index (χ1) is 16.7. The molecule has 0 unspecified atom stereocenters. The van der Waals surface area contributed by atoms with E-state index in [-0.39, 0.29) is 5.82 Å². The molecule has 5 heterocycles. The topological polar surface area (TPSA) is 91.1 Å². The number of nitrogens with one attached hydrogen (secondary N) is 1. The van der Waals surface area contributed by atoms with Crippen molar-refractivity contribution in [3.63, 3.8) is 0 Å². The molecule has 34 heavy (non-hydrogen) atoms. The third-order valence-electron chi connectivity index (χ3n) is 5.76. The second-order valence-corrected chi connectivity index (χ2v) is 8.97. The Balaban J connectivity index is 1.15. The third kappa shape index (κ3) is 3.94. The molecule has 1 aliphatic rings. The van der Waals surface area contributed by atoms with E-state index < -0.39 is 0 Å². The highest BCUT2D eigenvalue weighted by atomic mass is 32.2. The first-order valence-electron chi connectivity index (χ1n) is 10.8. The summed E-state index contributed by atoms with van der Waals surface area (Å²) in [6.45, 7) is 3.11. The van der Waals surface area contributed by atoms with Gasteiger partial charge in [-0.15, -0.1) is 0 Å². The van der Waals surface area contributed by atoms with Gasteiger partial charge in [0.05, 0.1) is 6.20 Å². The number of H-pyrrole nitrogens is 1. The number of piperazine rings is 1. The predicted octanol–water partition coefficient (Wildman–Crippen LogP) is 3.53. The summed E-state index contributed by atoms with van der Waals surface area (Å²) in [6.07, 6.45) is 10.7. The smallest absolute Gasteiger partial charge is 0.225 e. The lowest BCUT2D eigenvalue weighted by molar-refractivity contribution is 0.602. The lowest BCUT2D eigenvalue weighted by Gasteiger charge is -2.35. The van der Waals surface area contributed by atoms with Crippen LogP contribution in [0.25, 0.3) is 16.6 Å². The van der Waals surface area contributed by atoms with Gasteiger partial charge in [-0.3, -0.25) is 5.10 Å². The Labute approximate surface area is 198 Å². The fourth-order valence-corrected chi connectivity index (χ4v) is 4.80. The molecule has 1 saturated heterocycles. The normalized spacial score (nSPS) is 14.1. The second-order valence-electron chi connectivity index (χ2n) is 7.85. The maximum Gasteiger partial charge on any atom is 0.225 e. The Kier molecular flexibility index (Phi) is 5.30. The number of benzene rings is 1. The molecule has 170 valence electrons. The molecule has 0 saturated carbocycles. The quantitative estimate of drug-likeness (QED) is 0.415. The monoisotopic (exact) mass is 473 g/mol. The molecule has 6 rings (SSSR count). The molecule has 5 aromatic rings. The van der Waals surface area contributed by atoms with Gasteiger partial charge in [0.15, 0.2) is 5.82 Å². The highest BCUT2D eigenvalue weighted by Crippen LogP contribution is 2.30. The molecule has 1 aromatic carbocycles. The summed E-state index contributed by atoms with van der Waals surface area (Å²) in [4.78, 5) is 19.4. The van der Waals surface area contributed by atoms with Crippen LogP contribution in [-0.2, 0) is 0 Å². The van der Waals surface area contributed by atoms with E-state index in [0.717, 1.165) is 53.5 Å². The molecule has 0 spiro atoms. The average Bonchev–Trinajstić information content (AvgIpc) is 3.56. The number of aromatic nitrogens is 7. The van der Waals surface area contributed by atoms with Crippen molar-refractivity contribution in [2.24, 2.45) is 0 Å². The minimum Gasteiger partial charge on any atom is -0.351 e. The standard InChI is InChI=1S/C23H20FN9S/c24-19-3-1-2-4-21(19)34-18-12-25-23(26-13-18)32-7-5-31(6-8-32)22-20-9-16(17-10-28-29-11-17)14-33(20)30-15-27-22/h1-4,9-15H,5-8H2,(H,28,29). The van der Waals surface area contributed by atoms with Crippen molar-refractivity contribution in [3.05, 3.63) is 73.5 Å². The fraction of sp³-hybridized carbons (Fsp3) is 0.174. The highest BCUT2D eigenvalue weighted by Gasteiger charge is 2.22. The van der Waals surface area contributed by atoms with E-state index in [9.17, 15) is 4.39 Å². The summed E-state index contributed by atoms with van der Waals surface area (Å²) in [7, 11) is 0. The van der Waals surface area contributed by atoms with Crippen molar-refractivity contribution in [2.45, 2.75) is 9.79 Å². The molecule has 1 N–H and O–H groups in total. The highest BCUT2D eigenvalue weighted by molar-refractivity contribution is 7.99. The zero-order valence-electron chi connectivity index (χ0n) is 18.0. The summed E-state index contributed by atoms with van der Waals surface area (Å²) in [6, 6.07) is 8.79. The van der Waals surface area contributed by atoms with Gasteiger partial charge in [0.2, 0.25) is 5.95 Å². The lowest BCUT2D eigenvalue weighted by Crippen LogP contribution is -2.47. The molecule has 4 aromatic heterocycles. The van der Waals surface area contributed by atoms with Crippen LogP contribution in [-0.4, -0.2) is 60.9 Å². The van der Waals surface area contributed by atoms with Crippen molar-refractivity contribution in [1.82, 2.24) is 34.8 Å². The molecule has 0 atom stereocenters. The number of fused-ring (bicyclic) bond motifs is 1. The maximum absolute atomic E-state index is 13.9. The van der Waals surface area contributed by atoms with Gasteiger partial charge in [-0.2, -0.15) is 10.2 Å². The van der Waals surface area contributed by atoms with E-state index in [1.54, 1.807) is 37.1 Å². The van der Waals surface area contributed by atoms with Gasteiger partial charge < -0.3 is 9.80 Å². The number of hydrogen-bond donors (Lipinski definition) is 1. The van der Waals surface area contributed by atoms with Gasteiger partial charge in [0.25, 0.3) is 0 Å². The van der Waals surface area contributed by atoms with Crippen molar-refractivity contribution in [3.8, 4) is 11.1 Å². The number of halogens is 1. The van der Waals surface area contributed by atoms with Crippen LogP contribution < -0.4 is 9.80 Å². The van der Waals surface area contributed by atoms with Gasteiger partial charge in [-0.25, -0.2) is 23.9 Å². The maximum atomic E-state index is 13.9. The summed E-state index contributed by atoms with van der Waals surface area (Å²) in [5, 5.41) is 11.2. The molecule has 1 aliphatic heterocycles. The van der Waals surface area contributed by atoms with Crippen LogP contribution in [0.2, 0.25) is 0 Å². The summed E-state index contributed by atoms with van der Waals surface area (Å²) >= 11 is 1.32. The zero-order valence-corrected chi connectivity index (χ0v) is 18.9. The number of hydrogen-bond acceptors (Lipinski definition) is 8. The summed E-state index contributed by atoms with van der Waals surface area (Å²) in [5.41, 5.74) is 3.00. The molecular weight excluding hydrogens is 453 g/mol. The molecule has 0 radical (unpaired) electrons. The summed E-state index contributed by atoms with van der Waals surface area (Å²) < 4.78 is 15.8. The van der Waals surface area contributed by atoms with E-state index >= 15 is 0 Å². The molecule has 9 nitrogen and oxygen atoms in total. The van der Waals surface area contributed by atoms with E-state index in [2.05, 4.69) is 46.1 Å². The number of nitrogens with zero attached hydrogens (tertiary/aromatic N) is 8. The fourth-order valence-electron chi connectivity index (χ4n) is 4.03. The Morgan fingerprint density at radius 1 is 0.912 bits per heavy atom. The Morgan fingerprint density at radius 3 is 2.47 bits per heavy atom. The Morgan fingerprint density at radius 2 is 1.71 bits per heavy atom. The van der Waals surface area contributed by atoms with E-state index in [1.165, 1.54) is 17.8 Å².